The molecule has 0 aromatic heterocycles. The van der Waals surface area contributed by atoms with Crippen LogP contribution < -0.4 is 5.32 Å². The third-order valence-electron chi connectivity index (χ3n) is 1.77. The van der Waals surface area contributed by atoms with Crippen LogP contribution in [0.3, 0.4) is 0 Å². The van der Waals surface area contributed by atoms with Crippen molar-refractivity contribution in [1.29, 1.82) is 0 Å². The van der Waals surface area contributed by atoms with Gasteiger partial charge in [0.05, 0.1) is 0 Å². The molecule has 0 saturated heterocycles. The molecule has 58 valence electrons. The van der Waals surface area contributed by atoms with Crippen molar-refractivity contribution in [3.8, 4) is 0 Å². The predicted molar refractivity (Wildman–Crippen MR) is 45.0 cm³/mol. The summed E-state index contributed by atoms with van der Waals surface area (Å²) >= 11 is 0. The second-order valence-electron chi connectivity index (χ2n) is 2.91. The Hall–Kier alpha value is -0.300. The van der Waals surface area contributed by atoms with Gasteiger partial charge in [-0.25, -0.2) is 0 Å². The van der Waals surface area contributed by atoms with Crippen molar-refractivity contribution in [1.82, 2.24) is 5.32 Å². The van der Waals surface area contributed by atoms with Gasteiger partial charge in [-0.15, -0.1) is 0 Å². The van der Waals surface area contributed by atoms with Crippen LogP contribution in [0.5, 0.6) is 0 Å². The maximum atomic E-state index is 3.29. The second kappa shape index (κ2) is 4.51. The van der Waals surface area contributed by atoms with E-state index in [0.29, 0.717) is 0 Å². The van der Waals surface area contributed by atoms with Crippen molar-refractivity contribution >= 4 is 0 Å². The van der Waals surface area contributed by atoms with Crippen LogP contribution in [0.15, 0.2) is 12.2 Å². The number of hydrogen-bond donors (Lipinski definition) is 1. The smallest absolute Gasteiger partial charge is 0.00144 e. The van der Waals surface area contributed by atoms with Gasteiger partial charge in [0.1, 0.15) is 0 Å². The summed E-state index contributed by atoms with van der Waals surface area (Å²) in [5.41, 5.74) is 0. The molecule has 0 amide bonds. The van der Waals surface area contributed by atoms with Crippen molar-refractivity contribution in [2.24, 2.45) is 5.92 Å². The molecule has 1 saturated carbocycles. The molecule has 1 rings (SSSR count). The molecule has 0 radical (unpaired) electrons. The van der Waals surface area contributed by atoms with Crippen LogP contribution in [0.4, 0.5) is 0 Å². The first-order chi connectivity index (χ1) is 4.93. The van der Waals surface area contributed by atoms with Gasteiger partial charge >= 0.3 is 0 Å². The molecule has 1 aliphatic rings. The summed E-state index contributed by atoms with van der Waals surface area (Å²) in [6.45, 7) is 4.38. The van der Waals surface area contributed by atoms with Crippen molar-refractivity contribution < 1.29 is 0 Å². The molecular formula is C9H17N. The van der Waals surface area contributed by atoms with Crippen molar-refractivity contribution in [3.63, 3.8) is 0 Å². The van der Waals surface area contributed by atoms with Crippen LogP contribution in [0, 0.1) is 5.92 Å². The van der Waals surface area contributed by atoms with Crippen LogP contribution in [0.1, 0.15) is 26.2 Å². The van der Waals surface area contributed by atoms with E-state index in [1.807, 2.05) is 0 Å². The molecule has 0 heterocycles. The van der Waals surface area contributed by atoms with Gasteiger partial charge in [-0.2, -0.15) is 0 Å². The Morgan fingerprint density at radius 3 is 2.90 bits per heavy atom. The normalized spacial score (nSPS) is 18.5. The number of rotatable bonds is 5. The highest BCUT2D eigenvalue weighted by Gasteiger charge is 2.16. The minimum Gasteiger partial charge on any atom is -0.317 e. The zero-order valence-electron chi connectivity index (χ0n) is 6.77. The van der Waals surface area contributed by atoms with Gasteiger partial charge in [-0.05, 0) is 38.3 Å². The number of hydrogen-bond acceptors (Lipinski definition) is 1. The zero-order chi connectivity index (χ0) is 7.23. The first-order valence-corrected chi connectivity index (χ1v) is 4.31. The molecule has 0 aliphatic heterocycles. The van der Waals surface area contributed by atoms with E-state index >= 15 is 0 Å². The maximum Gasteiger partial charge on any atom is -0.00144 e. The van der Waals surface area contributed by atoms with Crippen LogP contribution in [-0.2, 0) is 0 Å². The molecule has 10 heavy (non-hydrogen) atoms. The van der Waals surface area contributed by atoms with Gasteiger partial charge in [0.25, 0.3) is 0 Å². The molecule has 0 aromatic rings. The average Bonchev–Trinajstić information content (AvgIpc) is 2.71. The second-order valence-corrected chi connectivity index (χ2v) is 2.91. The van der Waals surface area contributed by atoms with Crippen molar-refractivity contribution in [3.05, 3.63) is 12.2 Å². The molecule has 0 aromatic carbocycles. The summed E-state index contributed by atoms with van der Waals surface area (Å²) in [7, 11) is 0. The maximum absolute atomic E-state index is 3.29. The van der Waals surface area contributed by atoms with E-state index in [9.17, 15) is 0 Å². The first kappa shape index (κ1) is 7.80. The Bertz CT molecular complexity index is 103. The van der Waals surface area contributed by atoms with E-state index < -0.39 is 0 Å². The van der Waals surface area contributed by atoms with E-state index in [1.54, 1.807) is 0 Å². The highest BCUT2D eigenvalue weighted by Crippen LogP contribution is 2.29. The third kappa shape index (κ3) is 3.67. The fourth-order valence-electron chi connectivity index (χ4n) is 0.940. The van der Waals surface area contributed by atoms with E-state index in [2.05, 4.69) is 24.4 Å². The lowest BCUT2D eigenvalue weighted by atomic mass is 10.3. The van der Waals surface area contributed by atoms with Crippen LogP contribution in [-0.4, -0.2) is 13.1 Å². The van der Waals surface area contributed by atoms with Crippen LogP contribution in [0.2, 0.25) is 0 Å². The Labute approximate surface area is 63.5 Å². The van der Waals surface area contributed by atoms with Crippen molar-refractivity contribution in [2.75, 3.05) is 13.1 Å². The molecule has 1 aliphatic carbocycles. The van der Waals surface area contributed by atoms with Crippen LogP contribution >= 0.6 is 0 Å². The highest BCUT2D eigenvalue weighted by atomic mass is 14.8. The summed E-state index contributed by atoms with van der Waals surface area (Å²) in [6, 6.07) is 0. The fraction of sp³-hybridized carbons (Fsp3) is 0.778. The zero-order valence-corrected chi connectivity index (χ0v) is 6.77. The standard InChI is InChI=1S/C9H17N/c1-2-10-8-4-3-5-9-6-7-9/h3,5,9-10H,2,4,6-8H2,1H3/b5-3+. The Balaban J connectivity index is 1.83. The Morgan fingerprint density at radius 2 is 2.30 bits per heavy atom. The van der Waals surface area contributed by atoms with Gasteiger partial charge in [-0.3, -0.25) is 0 Å². The molecule has 0 atom stereocenters. The minimum atomic E-state index is 0.946. The minimum absolute atomic E-state index is 0.946. The van der Waals surface area contributed by atoms with Crippen molar-refractivity contribution in [2.45, 2.75) is 26.2 Å². The largest absolute Gasteiger partial charge is 0.317 e. The third-order valence-corrected chi connectivity index (χ3v) is 1.77. The summed E-state index contributed by atoms with van der Waals surface area (Å²) in [4.78, 5) is 0. The Morgan fingerprint density at radius 1 is 1.50 bits per heavy atom. The molecular weight excluding hydrogens is 122 g/mol. The molecule has 1 N–H and O–H groups in total. The molecule has 1 fully saturated rings. The molecule has 0 unspecified atom stereocenters. The van der Waals surface area contributed by atoms with Crippen LogP contribution in [0.25, 0.3) is 0 Å². The number of allylic oxidation sites excluding steroid dienone is 1. The van der Waals surface area contributed by atoms with Gasteiger partial charge in [-0.1, -0.05) is 19.1 Å². The van der Waals surface area contributed by atoms with E-state index in [1.165, 1.54) is 19.3 Å². The topological polar surface area (TPSA) is 12.0 Å². The van der Waals surface area contributed by atoms with E-state index in [0.717, 1.165) is 19.0 Å². The predicted octanol–water partition coefficient (Wildman–Crippen LogP) is 1.95. The lowest BCUT2D eigenvalue weighted by Gasteiger charge is -1.94. The molecule has 0 bridgehead atoms. The Kier molecular flexibility index (Phi) is 3.52. The first-order valence-electron chi connectivity index (χ1n) is 4.31. The van der Waals surface area contributed by atoms with Gasteiger partial charge in [0, 0.05) is 0 Å². The SMILES string of the molecule is CCNCC/C=C/C1CC1. The lowest BCUT2D eigenvalue weighted by Crippen LogP contribution is -2.12. The summed E-state index contributed by atoms with van der Waals surface area (Å²) in [5.74, 6) is 0.946. The average molecular weight is 139 g/mol. The summed E-state index contributed by atoms with van der Waals surface area (Å²) in [5, 5.41) is 3.29. The summed E-state index contributed by atoms with van der Waals surface area (Å²) in [6.07, 6.45) is 8.72. The molecule has 1 heteroatoms. The van der Waals surface area contributed by atoms with E-state index in [-0.39, 0.29) is 0 Å². The quantitative estimate of drug-likeness (QED) is 0.453. The van der Waals surface area contributed by atoms with Gasteiger partial charge < -0.3 is 5.32 Å². The highest BCUT2D eigenvalue weighted by molar-refractivity contribution is 4.95. The lowest BCUT2D eigenvalue weighted by molar-refractivity contribution is 0.725. The molecule has 0 spiro atoms. The monoisotopic (exact) mass is 139 g/mol. The number of nitrogens with one attached hydrogen (secondary N) is 1. The summed E-state index contributed by atoms with van der Waals surface area (Å²) < 4.78 is 0. The fourth-order valence-corrected chi connectivity index (χ4v) is 0.940. The van der Waals surface area contributed by atoms with Gasteiger partial charge in [0.15, 0.2) is 0 Å². The van der Waals surface area contributed by atoms with E-state index in [4.69, 9.17) is 0 Å². The van der Waals surface area contributed by atoms with Gasteiger partial charge in [0.2, 0.25) is 0 Å². The molecule has 1 nitrogen and oxygen atoms in total.